The number of halogens is 3. The van der Waals surface area contributed by atoms with Gasteiger partial charge < -0.3 is 5.11 Å². The van der Waals surface area contributed by atoms with E-state index in [4.69, 9.17) is 0 Å². The molecule has 0 bridgehead atoms. The van der Waals surface area contributed by atoms with E-state index in [-0.39, 0.29) is 44.1 Å². The number of fused-ring (bicyclic) bond motifs is 1. The van der Waals surface area contributed by atoms with Crippen LogP contribution in [-0.2, 0) is 6.42 Å². The number of hydrogen-bond donors (Lipinski definition) is 1. The van der Waals surface area contributed by atoms with Crippen molar-refractivity contribution in [3.63, 3.8) is 0 Å². The third-order valence-electron chi connectivity index (χ3n) is 4.56. The Kier molecular flexibility index (Phi) is 5.17. The molecule has 0 radical (unpaired) electrons. The number of nitrogens with zero attached hydrogens (tertiary/aromatic N) is 1. The molecule has 0 saturated heterocycles. The molecule has 0 fully saturated rings. The van der Waals surface area contributed by atoms with Crippen LogP contribution in [0.3, 0.4) is 0 Å². The van der Waals surface area contributed by atoms with E-state index >= 15 is 0 Å². The van der Waals surface area contributed by atoms with Crippen LogP contribution >= 0.6 is 22.7 Å². The largest absolute Gasteiger partial charge is 0.478 e. The van der Waals surface area contributed by atoms with E-state index in [2.05, 4.69) is 4.98 Å². The van der Waals surface area contributed by atoms with Gasteiger partial charge in [-0.05, 0) is 35.6 Å². The van der Waals surface area contributed by atoms with Crippen LogP contribution in [0.15, 0.2) is 35.7 Å². The Hall–Kier alpha value is -3.04. The fraction of sp³-hybridized carbons (Fsp3) is 0.0952. The monoisotopic (exact) mass is 447 g/mol. The maximum atomic E-state index is 14.4. The number of carbonyl (C=O) groups excluding carboxylic acids is 1. The van der Waals surface area contributed by atoms with Gasteiger partial charge in [0.15, 0.2) is 22.4 Å². The van der Waals surface area contributed by atoms with Gasteiger partial charge in [0, 0.05) is 12.0 Å². The molecule has 0 aliphatic heterocycles. The number of para-hydroxylation sites is 1. The van der Waals surface area contributed by atoms with Gasteiger partial charge >= 0.3 is 5.97 Å². The molecule has 0 saturated carbocycles. The molecular weight excluding hydrogens is 435 g/mol. The highest BCUT2D eigenvalue weighted by atomic mass is 32.1. The number of aromatic nitrogens is 1. The summed E-state index contributed by atoms with van der Waals surface area (Å²) in [5.74, 6) is -4.59. The van der Waals surface area contributed by atoms with Gasteiger partial charge in [-0.15, -0.1) is 22.7 Å². The molecule has 2 aromatic carbocycles. The predicted molar refractivity (Wildman–Crippen MR) is 109 cm³/mol. The summed E-state index contributed by atoms with van der Waals surface area (Å²) in [4.78, 5) is 28.6. The van der Waals surface area contributed by atoms with Gasteiger partial charge in [0.05, 0.1) is 15.1 Å². The number of aromatic carboxylic acids is 1. The summed E-state index contributed by atoms with van der Waals surface area (Å²) in [5.41, 5.74) is -0.104. The fourth-order valence-corrected chi connectivity index (χ4v) is 5.06. The van der Waals surface area contributed by atoms with Crippen LogP contribution in [0.1, 0.15) is 31.3 Å². The number of ketones is 1. The zero-order chi connectivity index (χ0) is 21.6. The lowest BCUT2D eigenvalue weighted by Crippen LogP contribution is -2.08. The average Bonchev–Trinajstić information content (AvgIpc) is 3.31. The van der Waals surface area contributed by atoms with Gasteiger partial charge in [-0.25, -0.2) is 22.9 Å². The van der Waals surface area contributed by atoms with Crippen molar-refractivity contribution in [2.45, 2.75) is 13.3 Å². The standard InChI is InChI=1S/C21H12F3NO3S2/c1-9-5-6-11(17(24)16(9)23)19-15(21(27)28)10(8-29-19)7-13(26)20-25-18-12(22)3-2-4-14(18)30-20/h2-6,8H,7H2,1H3,(H,27,28). The zero-order valence-electron chi connectivity index (χ0n) is 15.3. The fourth-order valence-electron chi connectivity index (χ4n) is 3.06. The van der Waals surface area contributed by atoms with E-state index in [0.29, 0.717) is 4.70 Å². The van der Waals surface area contributed by atoms with Crippen LogP contribution < -0.4 is 0 Å². The topological polar surface area (TPSA) is 67.3 Å². The molecule has 0 amide bonds. The van der Waals surface area contributed by atoms with E-state index in [1.165, 1.54) is 36.6 Å². The Bertz CT molecular complexity index is 1330. The van der Waals surface area contributed by atoms with Crippen LogP contribution in [0.5, 0.6) is 0 Å². The molecule has 152 valence electrons. The third kappa shape index (κ3) is 3.40. The molecule has 4 rings (SSSR count). The zero-order valence-corrected chi connectivity index (χ0v) is 17.0. The summed E-state index contributed by atoms with van der Waals surface area (Å²) in [6.07, 6.45) is -0.310. The average molecular weight is 447 g/mol. The van der Waals surface area contributed by atoms with Gasteiger partial charge in [0.25, 0.3) is 0 Å². The van der Waals surface area contributed by atoms with E-state index in [1.807, 2.05) is 0 Å². The number of aryl methyl sites for hydroxylation is 1. The van der Waals surface area contributed by atoms with E-state index in [9.17, 15) is 27.9 Å². The van der Waals surface area contributed by atoms with Crippen LogP contribution in [0, 0.1) is 24.4 Å². The quantitative estimate of drug-likeness (QED) is 0.388. The van der Waals surface area contributed by atoms with Gasteiger partial charge in [0.2, 0.25) is 0 Å². The van der Waals surface area contributed by atoms with Crippen molar-refractivity contribution in [3.8, 4) is 10.4 Å². The number of carbonyl (C=O) groups is 2. The van der Waals surface area contributed by atoms with Crippen LogP contribution in [-0.4, -0.2) is 21.8 Å². The van der Waals surface area contributed by atoms with Gasteiger partial charge in [-0.2, -0.15) is 0 Å². The summed E-state index contributed by atoms with van der Waals surface area (Å²) in [6, 6.07) is 7.05. The maximum Gasteiger partial charge on any atom is 0.337 e. The molecule has 2 aromatic heterocycles. The van der Waals surface area contributed by atoms with Crippen LogP contribution in [0.4, 0.5) is 13.2 Å². The smallest absolute Gasteiger partial charge is 0.337 e. The van der Waals surface area contributed by atoms with Crippen molar-refractivity contribution in [1.29, 1.82) is 0 Å². The summed E-state index contributed by atoms with van der Waals surface area (Å²) in [6.45, 7) is 1.40. The first-order valence-electron chi connectivity index (χ1n) is 8.64. The first-order valence-corrected chi connectivity index (χ1v) is 10.3. The molecule has 9 heteroatoms. The first kappa shape index (κ1) is 20.2. The summed E-state index contributed by atoms with van der Waals surface area (Å²) in [5, 5.41) is 11.1. The molecular formula is C21H12F3NO3S2. The van der Waals surface area contributed by atoms with E-state index in [1.54, 1.807) is 6.07 Å². The number of hydrogen-bond acceptors (Lipinski definition) is 5. The van der Waals surface area contributed by atoms with Crippen molar-refractivity contribution >= 4 is 44.6 Å². The molecule has 30 heavy (non-hydrogen) atoms. The minimum Gasteiger partial charge on any atom is -0.478 e. The molecule has 0 aliphatic carbocycles. The minimum absolute atomic E-state index is 0.0250. The van der Waals surface area contributed by atoms with Gasteiger partial charge in [-0.1, -0.05) is 18.2 Å². The number of carboxylic acids is 1. The second-order valence-electron chi connectivity index (χ2n) is 6.53. The van der Waals surface area contributed by atoms with E-state index < -0.39 is 29.2 Å². The lowest BCUT2D eigenvalue weighted by Gasteiger charge is -2.06. The lowest BCUT2D eigenvalue weighted by molar-refractivity contribution is 0.0697. The Labute approximate surface area is 176 Å². The highest BCUT2D eigenvalue weighted by molar-refractivity contribution is 7.20. The summed E-state index contributed by atoms with van der Waals surface area (Å²) >= 11 is 1.92. The second-order valence-corrected chi connectivity index (χ2v) is 8.44. The molecule has 2 heterocycles. The molecule has 4 nitrogen and oxygen atoms in total. The Morgan fingerprint density at radius 3 is 2.57 bits per heavy atom. The van der Waals surface area contributed by atoms with Crippen molar-refractivity contribution in [3.05, 3.63) is 74.9 Å². The third-order valence-corrected chi connectivity index (χ3v) is 6.68. The Morgan fingerprint density at radius 1 is 1.10 bits per heavy atom. The minimum atomic E-state index is -1.36. The van der Waals surface area contributed by atoms with Crippen molar-refractivity contribution in [1.82, 2.24) is 4.98 Å². The number of thiophene rings is 1. The molecule has 4 aromatic rings. The highest BCUT2D eigenvalue weighted by Crippen LogP contribution is 2.37. The number of carboxylic acid groups (broad SMARTS) is 1. The van der Waals surface area contributed by atoms with Crippen molar-refractivity contribution in [2.24, 2.45) is 0 Å². The van der Waals surface area contributed by atoms with Crippen molar-refractivity contribution in [2.75, 3.05) is 0 Å². The first-order chi connectivity index (χ1) is 14.3. The maximum absolute atomic E-state index is 14.4. The number of rotatable bonds is 5. The molecule has 0 aliphatic rings. The van der Waals surface area contributed by atoms with Gasteiger partial charge in [0.1, 0.15) is 11.3 Å². The molecule has 0 atom stereocenters. The van der Waals surface area contributed by atoms with E-state index in [0.717, 1.165) is 22.7 Å². The molecule has 0 unspecified atom stereocenters. The Morgan fingerprint density at radius 2 is 1.87 bits per heavy atom. The normalized spacial score (nSPS) is 11.2. The number of Topliss-reactive ketones (excluding diaryl/α,β-unsaturated/α-hetero) is 1. The van der Waals surface area contributed by atoms with Crippen LogP contribution in [0.2, 0.25) is 0 Å². The SMILES string of the molecule is Cc1ccc(-c2scc(CC(=O)c3nc4c(F)cccc4s3)c2C(=O)O)c(F)c1F. The molecule has 1 N–H and O–H groups in total. The number of benzene rings is 2. The highest BCUT2D eigenvalue weighted by Gasteiger charge is 2.25. The Balaban J connectivity index is 1.73. The lowest BCUT2D eigenvalue weighted by atomic mass is 10.0. The summed E-state index contributed by atoms with van der Waals surface area (Å²) < 4.78 is 42.7. The van der Waals surface area contributed by atoms with Crippen molar-refractivity contribution < 1.29 is 27.9 Å². The summed E-state index contributed by atoms with van der Waals surface area (Å²) in [7, 11) is 0. The predicted octanol–water partition coefficient (Wildman–Crippen LogP) is 5.87. The van der Waals surface area contributed by atoms with Crippen LogP contribution in [0.25, 0.3) is 20.7 Å². The van der Waals surface area contributed by atoms with Gasteiger partial charge in [-0.3, -0.25) is 4.79 Å². The second kappa shape index (κ2) is 7.66. The number of thiazole rings is 1. The molecule has 0 spiro atoms.